The van der Waals surface area contributed by atoms with Crippen molar-refractivity contribution in [3.05, 3.63) is 65.5 Å². The van der Waals surface area contributed by atoms with Gasteiger partial charge in [-0.05, 0) is 48.9 Å². The van der Waals surface area contributed by atoms with Gasteiger partial charge in [0.2, 0.25) is 5.91 Å². The predicted molar refractivity (Wildman–Crippen MR) is 109 cm³/mol. The van der Waals surface area contributed by atoms with Crippen LogP contribution in [-0.4, -0.2) is 49.3 Å². The summed E-state index contributed by atoms with van der Waals surface area (Å²) in [4.78, 5) is 28.7. The summed E-state index contributed by atoms with van der Waals surface area (Å²) in [7, 11) is 0. The Balaban J connectivity index is 1.38. The molecule has 1 amide bonds. The molecule has 0 radical (unpaired) electrons. The van der Waals surface area contributed by atoms with Crippen LogP contribution in [0.4, 0.5) is 10.1 Å². The number of carbonyl (C=O) groups excluding carboxylic acids is 2. The molecular weight excluding hydrogens is 371 g/mol. The summed E-state index contributed by atoms with van der Waals surface area (Å²) < 4.78 is 13.2. The number of anilines is 1. The zero-order valence-electron chi connectivity index (χ0n) is 16.4. The molecule has 29 heavy (non-hydrogen) atoms. The maximum atomic E-state index is 13.2. The van der Waals surface area contributed by atoms with Gasteiger partial charge in [0.05, 0.1) is 12.0 Å². The van der Waals surface area contributed by atoms with Crippen LogP contribution in [0.15, 0.2) is 48.5 Å². The number of halogens is 1. The Kier molecular flexibility index (Phi) is 5.60. The van der Waals surface area contributed by atoms with Crippen LogP contribution in [0, 0.1) is 11.7 Å². The van der Waals surface area contributed by atoms with Gasteiger partial charge in [-0.1, -0.05) is 12.1 Å². The SMILES string of the molecule is CC(=O)c1ccc(N2CCN(C(=O)C3CNNC3c3ccc(F)cc3)CC2)cc1. The Hall–Kier alpha value is -2.77. The van der Waals surface area contributed by atoms with Gasteiger partial charge in [0.25, 0.3) is 0 Å². The molecule has 7 heteroatoms. The third kappa shape index (κ3) is 4.16. The zero-order valence-corrected chi connectivity index (χ0v) is 16.4. The molecule has 0 spiro atoms. The smallest absolute Gasteiger partial charge is 0.229 e. The second kappa shape index (κ2) is 8.31. The fourth-order valence-electron chi connectivity index (χ4n) is 4.04. The molecule has 2 saturated heterocycles. The Morgan fingerprint density at radius 2 is 1.62 bits per heavy atom. The van der Waals surface area contributed by atoms with Crippen LogP contribution >= 0.6 is 0 Å². The van der Waals surface area contributed by atoms with Gasteiger partial charge in [-0.3, -0.25) is 15.0 Å². The molecule has 2 atom stereocenters. The molecule has 2 aliphatic rings. The summed E-state index contributed by atoms with van der Waals surface area (Å²) in [5.41, 5.74) is 8.90. The van der Waals surface area contributed by atoms with Crippen molar-refractivity contribution in [1.29, 1.82) is 0 Å². The third-order valence-electron chi connectivity index (χ3n) is 5.76. The summed E-state index contributed by atoms with van der Waals surface area (Å²) in [6.45, 7) is 4.92. The van der Waals surface area contributed by atoms with E-state index in [9.17, 15) is 14.0 Å². The largest absolute Gasteiger partial charge is 0.368 e. The van der Waals surface area contributed by atoms with Crippen LogP contribution in [0.2, 0.25) is 0 Å². The molecule has 152 valence electrons. The summed E-state index contributed by atoms with van der Waals surface area (Å²) in [6, 6.07) is 13.7. The number of piperazine rings is 1. The minimum Gasteiger partial charge on any atom is -0.368 e. The molecule has 0 aromatic heterocycles. The molecule has 2 aliphatic heterocycles. The Labute approximate surface area is 169 Å². The fourth-order valence-corrected chi connectivity index (χ4v) is 4.04. The van der Waals surface area contributed by atoms with Gasteiger partial charge in [0.1, 0.15) is 5.82 Å². The van der Waals surface area contributed by atoms with E-state index >= 15 is 0 Å². The summed E-state index contributed by atoms with van der Waals surface area (Å²) in [5, 5.41) is 0. The van der Waals surface area contributed by atoms with Gasteiger partial charge >= 0.3 is 0 Å². The van der Waals surface area contributed by atoms with Crippen molar-refractivity contribution in [3.8, 4) is 0 Å². The van der Waals surface area contributed by atoms with E-state index in [0.717, 1.165) is 24.3 Å². The summed E-state index contributed by atoms with van der Waals surface area (Å²) in [5.74, 6) is -0.332. The monoisotopic (exact) mass is 396 g/mol. The van der Waals surface area contributed by atoms with Crippen LogP contribution in [0.1, 0.15) is 28.9 Å². The van der Waals surface area contributed by atoms with E-state index in [-0.39, 0.29) is 29.5 Å². The number of rotatable bonds is 4. The first kappa shape index (κ1) is 19.5. The number of amides is 1. The standard InChI is InChI=1S/C22H25FN4O2/c1-15(28)16-4-8-19(9-5-16)26-10-12-27(13-11-26)22(29)20-14-24-25-21(20)17-2-6-18(23)7-3-17/h2-9,20-21,24-25H,10-14H2,1H3. The van der Waals surface area contributed by atoms with Gasteiger partial charge in [0.15, 0.2) is 5.78 Å². The number of nitrogens with zero attached hydrogens (tertiary/aromatic N) is 2. The second-order valence-corrected chi connectivity index (χ2v) is 7.58. The maximum absolute atomic E-state index is 13.2. The lowest BCUT2D eigenvalue weighted by Crippen LogP contribution is -2.51. The average molecular weight is 396 g/mol. The number of ketones is 1. The van der Waals surface area contributed by atoms with E-state index in [1.54, 1.807) is 19.1 Å². The van der Waals surface area contributed by atoms with Crippen molar-refractivity contribution < 1.29 is 14.0 Å². The minimum atomic E-state index is -0.282. The zero-order chi connectivity index (χ0) is 20.4. The molecule has 2 aromatic carbocycles. The van der Waals surface area contributed by atoms with Gasteiger partial charge < -0.3 is 9.80 Å². The van der Waals surface area contributed by atoms with Crippen LogP contribution in [0.5, 0.6) is 0 Å². The minimum absolute atomic E-state index is 0.0569. The quantitative estimate of drug-likeness (QED) is 0.776. The Morgan fingerprint density at radius 3 is 2.24 bits per heavy atom. The van der Waals surface area contributed by atoms with E-state index in [1.807, 2.05) is 29.2 Å². The highest BCUT2D eigenvalue weighted by atomic mass is 19.1. The highest BCUT2D eigenvalue weighted by molar-refractivity contribution is 5.94. The van der Waals surface area contributed by atoms with E-state index in [4.69, 9.17) is 0 Å². The lowest BCUT2D eigenvalue weighted by molar-refractivity contribution is -0.135. The summed E-state index contributed by atoms with van der Waals surface area (Å²) in [6.07, 6.45) is 0. The topological polar surface area (TPSA) is 64.7 Å². The van der Waals surface area contributed by atoms with Gasteiger partial charge in [-0.2, -0.15) is 0 Å². The molecular formula is C22H25FN4O2. The Morgan fingerprint density at radius 1 is 0.966 bits per heavy atom. The molecule has 2 heterocycles. The second-order valence-electron chi connectivity index (χ2n) is 7.58. The number of carbonyl (C=O) groups is 2. The van der Waals surface area contributed by atoms with Crippen LogP contribution in [0.3, 0.4) is 0 Å². The van der Waals surface area contributed by atoms with Crippen molar-refractivity contribution in [3.63, 3.8) is 0 Å². The van der Waals surface area contributed by atoms with Crippen LogP contribution < -0.4 is 15.8 Å². The molecule has 0 aliphatic carbocycles. The van der Waals surface area contributed by atoms with E-state index in [0.29, 0.717) is 25.2 Å². The molecule has 2 fully saturated rings. The lowest BCUT2D eigenvalue weighted by atomic mass is 9.93. The van der Waals surface area contributed by atoms with Crippen LogP contribution in [0.25, 0.3) is 0 Å². The number of benzene rings is 2. The van der Waals surface area contributed by atoms with Crippen molar-refractivity contribution in [2.45, 2.75) is 13.0 Å². The van der Waals surface area contributed by atoms with E-state index in [2.05, 4.69) is 15.8 Å². The van der Waals surface area contributed by atoms with Crippen molar-refractivity contribution >= 4 is 17.4 Å². The fraction of sp³-hybridized carbons (Fsp3) is 0.364. The highest BCUT2D eigenvalue weighted by Gasteiger charge is 2.37. The first-order valence-electron chi connectivity index (χ1n) is 9.91. The first-order valence-corrected chi connectivity index (χ1v) is 9.91. The Bertz CT molecular complexity index is 877. The molecule has 2 N–H and O–H groups in total. The normalized spacial score (nSPS) is 22.0. The number of hydrogen-bond acceptors (Lipinski definition) is 5. The van der Waals surface area contributed by atoms with E-state index in [1.165, 1.54) is 12.1 Å². The van der Waals surface area contributed by atoms with Crippen molar-refractivity contribution in [2.24, 2.45) is 5.92 Å². The van der Waals surface area contributed by atoms with Crippen molar-refractivity contribution in [2.75, 3.05) is 37.6 Å². The molecule has 0 saturated carbocycles. The average Bonchev–Trinajstić information content (AvgIpc) is 3.24. The molecule has 2 unspecified atom stereocenters. The maximum Gasteiger partial charge on any atom is 0.229 e. The number of hydrogen-bond donors (Lipinski definition) is 2. The first-order chi connectivity index (χ1) is 14.0. The predicted octanol–water partition coefficient (Wildman–Crippen LogP) is 2.14. The van der Waals surface area contributed by atoms with Crippen molar-refractivity contribution in [1.82, 2.24) is 15.8 Å². The number of hydrazine groups is 1. The van der Waals surface area contributed by atoms with E-state index < -0.39 is 0 Å². The van der Waals surface area contributed by atoms with Gasteiger partial charge in [0, 0.05) is 44.0 Å². The number of Topliss-reactive ketones (excluding diaryl/α,β-unsaturated/α-hetero) is 1. The molecule has 0 bridgehead atoms. The summed E-state index contributed by atoms with van der Waals surface area (Å²) >= 11 is 0. The lowest BCUT2D eigenvalue weighted by Gasteiger charge is -2.37. The number of nitrogens with one attached hydrogen (secondary N) is 2. The van der Waals surface area contributed by atoms with Crippen LogP contribution in [-0.2, 0) is 4.79 Å². The molecule has 2 aromatic rings. The molecule has 4 rings (SSSR count). The third-order valence-corrected chi connectivity index (χ3v) is 5.76. The molecule has 6 nitrogen and oxygen atoms in total. The van der Waals surface area contributed by atoms with Gasteiger partial charge in [-0.15, -0.1) is 0 Å². The highest BCUT2D eigenvalue weighted by Crippen LogP contribution is 2.27. The van der Waals surface area contributed by atoms with Gasteiger partial charge in [-0.25, -0.2) is 9.82 Å².